The van der Waals surface area contributed by atoms with Crippen LogP contribution in [0, 0.1) is 12.7 Å². The van der Waals surface area contributed by atoms with Crippen molar-refractivity contribution in [2.24, 2.45) is 0 Å². The summed E-state index contributed by atoms with van der Waals surface area (Å²) in [4.78, 5) is 9.42. The summed E-state index contributed by atoms with van der Waals surface area (Å²) in [6.07, 6.45) is 1.75. The topological polar surface area (TPSA) is 40.6 Å². The maximum absolute atomic E-state index is 14.4. The Morgan fingerprint density at radius 3 is 2.55 bits per heavy atom. The molecule has 1 N–H and O–H groups in total. The van der Waals surface area contributed by atoms with Gasteiger partial charge in [0.1, 0.15) is 11.6 Å². The molecule has 0 radical (unpaired) electrons. The van der Waals surface area contributed by atoms with Gasteiger partial charge in [-0.15, -0.1) is 0 Å². The summed E-state index contributed by atoms with van der Waals surface area (Å²) in [5.74, 6) is 0.575. The summed E-state index contributed by atoms with van der Waals surface area (Å²) in [6.45, 7) is 13.0. The van der Waals surface area contributed by atoms with Gasteiger partial charge in [-0.05, 0) is 57.5 Å². The lowest BCUT2D eigenvalue weighted by Gasteiger charge is -2.38. The van der Waals surface area contributed by atoms with E-state index in [1.807, 2.05) is 32.0 Å². The molecule has 0 unspecified atom stereocenters. The van der Waals surface area contributed by atoms with Crippen LogP contribution in [0.15, 0.2) is 42.6 Å². The van der Waals surface area contributed by atoms with Crippen molar-refractivity contribution in [3.05, 3.63) is 54.0 Å². The second kappa shape index (κ2) is 9.10. The Morgan fingerprint density at radius 2 is 1.84 bits per heavy atom. The van der Waals surface area contributed by atoms with E-state index in [0.29, 0.717) is 18.3 Å². The number of halogens is 1. The minimum atomic E-state index is -0.272. The molecule has 2 aromatic carbocycles. The molecule has 0 saturated carbocycles. The smallest absolute Gasteiger partial charge is 0.146 e. The lowest BCUT2D eigenvalue weighted by molar-refractivity contribution is 0.209. The Morgan fingerprint density at radius 1 is 1.06 bits per heavy atom. The van der Waals surface area contributed by atoms with Crippen LogP contribution in [0.2, 0.25) is 0 Å². The molecule has 2 heterocycles. The number of aryl methyl sites for hydroxylation is 1. The van der Waals surface area contributed by atoms with Crippen LogP contribution >= 0.6 is 0 Å². The first-order valence-corrected chi connectivity index (χ1v) is 11.0. The molecule has 0 atom stereocenters. The number of nitrogens with one attached hydrogen (secondary N) is 1. The van der Waals surface area contributed by atoms with Gasteiger partial charge in [-0.25, -0.2) is 4.39 Å². The Kier molecular flexibility index (Phi) is 6.28. The molecular weight excluding hydrogens is 391 g/mol. The fourth-order valence-corrected chi connectivity index (χ4v) is 4.15. The van der Waals surface area contributed by atoms with E-state index in [4.69, 9.17) is 4.74 Å². The van der Waals surface area contributed by atoms with Crippen molar-refractivity contribution in [1.82, 2.24) is 9.88 Å². The fourth-order valence-electron chi connectivity index (χ4n) is 4.15. The molecule has 164 valence electrons. The number of hydrogen-bond acceptors (Lipinski definition) is 5. The molecule has 1 aromatic heterocycles. The van der Waals surface area contributed by atoms with Gasteiger partial charge in [-0.3, -0.25) is 9.88 Å². The zero-order chi connectivity index (χ0) is 22.0. The maximum Gasteiger partial charge on any atom is 0.146 e. The van der Waals surface area contributed by atoms with Crippen LogP contribution in [-0.2, 0) is 0 Å². The number of anilines is 3. The highest BCUT2D eigenvalue weighted by molar-refractivity contribution is 5.97. The minimum Gasteiger partial charge on any atom is -0.492 e. The molecule has 0 bridgehead atoms. The fraction of sp³-hybridized carbons (Fsp3) is 0.400. The highest BCUT2D eigenvalue weighted by Gasteiger charge is 2.22. The van der Waals surface area contributed by atoms with E-state index in [1.165, 1.54) is 6.07 Å². The van der Waals surface area contributed by atoms with Crippen LogP contribution in [-0.4, -0.2) is 48.7 Å². The molecule has 6 heteroatoms. The number of hydrogen-bond donors (Lipinski definition) is 1. The first-order valence-electron chi connectivity index (χ1n) is 11.0. The highest BCUT2D eigenvalue weighted by atomic mass is 19.1. The van der Waals surface area contributed by atoms with Crippen LogP contribution < -0.4 is 15.0 Å². The van der Waals surface area contributed by atoms with Gasteiger partial charge < -0.3 is 15.0 Å². The molecule has 3 aromatic rings. The molecule has 1 saturated heterocycles. The Balaban J connectivity index is 1.73. The largest absolute Gasteiger partial charge is 0.492 e. The normalized spacial score (nSPS) is 15.0. The third-order valence-electron chi connectivity index (χ3n) is 5.90. The molecule has 1 aliphatic heterocycles. The number of aromatic nitrogens is 1. The minimum absolute atomic E-state index is 0.272. The molecule has 31 heavy (non-hydrogen) atoms. The highest BCUT2D eigenvalue weighted by Crippen LogP contribution is 2.37. The standard InChI is InChI=1S/C25H31FN4O/c1-5-31-25-16-22-19(15-24(25)30-12-10-29(11-13-30)17(2)3)21(8-9-27-22)28-23-14-18(4)6-7-20(23)26/h6-9,14-17H,5,10-13H2,1-4H3,(H,27,28). The second-order valence-electron chi connectivity index (χ2n) is 8.35. The van der Waals surface area contributed by atoms with Gasteiger partial charge in [0.05, 0.1) is 23.5 Å². The summed E-state index contributed by atoms with van der Waals surface area (Å²) in [5.41, 5.74) is 4.20. The van der Waals surface area contributed by atoms with Crippen molar-refractivity contribution in [1.29, 1.82) is 0 Å². The van der Waals surface area contributed by atoms with Crippen LogP contribution in [0.3, 0.4) is 0 Å². The Labute approximate surface area is 183 Å². The number of fused-ring (bicyclic) bond motifs is 1. The summed E-state index contributed by atoms with van der Waals surface area (Å²) >= 11 is 0. The number of rotatable bonds is 6. The summed E-state index contributed by atoms with van der Waals surface area (Å²) < 4.78 is 20.4. The zero-order valence-electron chi connectivity index (χ0n) is 18.8. The van der Waals surface area contributed by atoms with Crippen LogP contribution in [0.4, 0.5) is 21.5 Å². The SMILES string of the molecule is CCOc1cc2nccc(Nc3cc(C)ccc3F)c2cc1N1CCN(C(C)C)CC1. The molecular formula is C25H31FN4O. The van der Waals surface area contributed by atoms with Crippen LogP contribution in [0.1, 0.15) is 26.3 Å². The van der Waals surface area contributed by atoms with E-state index in [1.54, 1.807) is 12.3 Å². The van der Waals surface area contributed by atoms with Gasteiger partial charge in [-0.1, -0.05) is 6.07 Å². The van der Waals surface area contributed by atoms with Crippen molar-refractivity contribution in [2.45, 2.75) is 33.7 Å². The molecule has 0 aliphatic carbocycles. The van der Waals surface area contributed by atoms with Crippen LogP contribution in [0.5, 0.6) is 5.75 Å². The predicted molar refractivity (Wildman–Crippen MR) is 126 cm³/mol. The number of nitrogens with zero attached hydrogens (tertiary/aromatic N) is 3. The molecule has 0 spiro atoms. The zero-order valence-corrected chi connectivity index (χ0v) is 18.8. The number of ether oxygens (including phenoxy) is 1. The van der Waals surface area contributed by atoms with E-state index in [9.17, 15) is 4.39 Å². The summed E-state index contributed by atoms with van der Waals surface area (Å²) in [5, 5.41) is 4.23. The quantitative estimate of drug-likeness (QED) is 0.579. The average Bonchev–Trinajstić information content (AvgIpc) is 2.76. The van der Waals surface area contributed by atoms with Crippen molar-refractivity contribution in [3.63, 3.8) is 0 Å². The van der Waals surface area contributed by atoms with Crippen molar-refractivity contribution in [2.75, 3.05) is 43.0 Å². The number of piperazine rings is 1. The molecule has 5 nitrogen and oxygen atoms in total. The van der Waals surface area contributed by atoms with Gasteiger partial charge in [-0.2, -0.15) is 0 Å². The molecule has 4 rings (SSSR count). The number of pyridine rings is 1. The predicted octanol–water partition coefficient (Wildman–Crippen LogP) is 5.36. The van der Waals surface area contributed by atoms with Crippen molar-refractivity contribution >= 4 is 28.0 Å². The van der Waals surface area contributed by atoms with Crippen molar-refractivity contribution in [3.8, 4) is 5.75 Å². The lowest BCUT2D eigenvalue weighted by atomic mass is 10.1. The van der Waals surface area contributed by atoms with E-state index in [0.717, 1.165) is 59.8 Å². The third-order valence-corrected chi connectivity index (χ3v) is 5.90. The molecule has 1 fully saturated rings. The Hall–Kier alpha value is -2.86. The summed E-state index contributed by atoms with van der Waals surface area (Å²) in [7, 11) is 0. The molecule has 1 aliphatic rings. The van der Waals surface area contributed by atoms with Crippen LogP contribution in [0.25, 0.3) is 10.9 Å². The van der Waals surface area contributed by atoms with Crippen molar-refractivity contribution < 1.29 is 9.13 Å². The lowest BCUT2D eigenvalue weighted by Crippen LogP contribution is -2.49. The summed E-state index contributed by atoms with van der Waals surface area (Å²) in [6, 6.07) is 11.7. The second-order valence-corrected chi connectivity index (χ2v) is 8.35. The van der Waals surface area contributed by atoms with E-state index in [2.05, 4.69) is 40.0 Å². The average molecular weight is 423 g/mol. The first kappa shape index (κ1) is 21.4. The van der Waals surface area contributed by atoms with Gasteiger partial charge in [0, 0.05) is 55.6 Å². The number of benzene rings is 2. The van der Waals surface area contributed by atoms with Gasteiger partial charge in [0.25, 0.3) is 0 Å². The maximum atomic E-state index is 14.4. The van der Waals surface area contributed by atoms with Gasteiger partial charge in [0.15, 0.2) is 0 Å². The van der Waals surface area contributed by atoms with E-state index < -0.39 is 0 Å². The van der Waals surface area contributed by atoms with E-state index in [-0.39, 0.29) is 5.82 Å². The molecule has 0 amide bonds. The van der Waals surface area contributed by atoms with E-state index >= 15 is 0 Å². The first-order chi connectivity index (χ1) is 15.0. The third kappa shape index (κ3) is 4.59. The van der Waals surface area contributed by atoms with Gasteiger partial charge >= 0.3 is 0 Å². The van der Waals surface area contributed by atoms with Gasteiger partial charge in [0.2, 0.25) is 0 Å². The monoisotopic (exact) mass is 422 g/mol. The Bertz CT molecular complexity index is 1060.